The Morgan fingerprint density at radius 2 is 1.96 bits per heavy atom. The first-order chi connectivity index (χ1) is 11.5. The Labute approximate surface area is 136 Å². The Kier molecular flexibility index (Phi) is 4.03. The highest BCUT2D eigenvalue weighted by Gasteiger charge is 2.22. The number of H-pyrrole nitrogens is 1. The maximum atomic E-state index is 12.6. The Morgan fingerprint density at radius 3 is 2.62 bits per heavy atom. The third kappa shape index (κ3) is 2.73. The molecule has 0 saturated carbocycles. The van der Waals surface area contributed by atoms with Gasteiger partial charge >= 0.3 is 17.5 Å². The second-order valence-corrected chi connectivity index (χ2v) is 5.54. The average Bonchev–Trinajstić information content (AvgIpc) is 2.84. The molecule has 2 heterocycles. The van der Waals surface area contributed by atoms with Crippen molar-refractivity contribution in [3.8, 4) is 0 Å². The highest BCUT2D eigenvalue weighted by molar-refractivity contribution is 5.84. The van der Waals surface area contributed by atoms with Crippen molar-refractivity contribution in [2.24, 2.45) is 0 Å². The maximum absolute atomic E-state index is 12.6. The number of hydrogen-bond donors (Lipinski definition) is 1. The molecular formula is C16H16N4O4. The molecule has 0 radical (unpaired) electrons. The average molecular weight is 328 g/mol. The predicted molar refractivity (Wildman–Crippen MR) is 87.0 cm³/mol. The van der Waals surface area contributed by atoms with E-state index in [0.29, 0.717) is 0 Å². The van der Waals surface area contributed by atoms with Gasteiger partial charge in [0.15, 0.2) is 5.65 Å². The minimum absolute atomic E-state index is 0.0389. The molecule has 0 bridgehead atoms. The van der Waals surface area contributed by atoms with Crippen molar-refractivity contribution in [1.29, 1.82) is 0 Å². The molecule has 124 valence electrons. The molecule has 3 aromatic rings. The summed E-state index contributed by atoms with van der Waals surface area (Å²) < 4.78 is 7.38. The summed E-state index contributed by atoms with van der Waals surface area (Å²) in [5, 5.41) is 0. The van der Waals surface area contributed by atoms with E-state index in [1.54, 1.807) is 13.8 Å². The second-order valence-electron chi connectivity index (χ2n) is 5.54. The van der Waals surface area contributed by atoms with Crippen LogP contribution in [0.2, 0.25) is 0 Å². The summed E-state index contributed by atoms with van der Waals surface area (Å²) in [7, 11) is 0. The monoisotopic (exact) mass is 328 g/mol. The van der Waals surface area contributed by atoms with E-state index in [-0.39, 0.29) is 23.8 Å². The van der Waals surface area contributed by atoms with E-state index in [2.05, 4.69) is 9.97 Å². The number of ether oxygens (including phenoxy) is 1. The zero-order chi connectivity index (χ0) is 17.3. The number of carbonyl (C=O) groups excluding carboxylic acids is 1. The number of imidazole rings is 1. The summed E-state index contributed by atoms with van der Waals surface area (Å²) in [5.74, 6) is 0. The van der Waals surface area contributed by atoms with Crippen LogP contribution in [0.25, 0.3) is 11.2 Å². The van der Waals surface area contributed by atoms with Gasteiger partial charge in [0, 0.05) is 12.2 Å². The van der Waals surface area contributed by atoms with Crippen LogP contribution in [0.15, 0.2) is 46.1 Å². The molecule has 0 atom stereocenters. The molecule has 3 rings (SSSR count). The van der Waals surface area contributed by atoms with Crippen molar-refractivity contribution in [3.63, 3.8) is 0 Å². The number of nitrogens with one attached hydrogen (secondary N) is 1. The lowest BCUT2D eigenvalue weighted by molar-refractivity contribution is 0.141. The van der Waals surface area contributed by atoms with Gasteiger partial charge < -0.3 is 9.72 Å². The fraction of sp³-hybridized carbons (Fsp3) is 0.250. The fourth-order valence-electron chi connectivity index (χ4n) is 2.45. The molecule has 0 aliphatic rings. The van der Waals surface area contributed by atoms with Gasteiger partial charge in [-0.15, -0.1) is 0 Å². The number of benzene rings is 1. The van der Waals surface area contributed by atoms with Gasteiger partial charge in [0.25, 0.3) is 0 Å². The molecule has 8 nitrogen and oxygen atoms in total. The van der Waals surface area contributed by atoms with E-state index in [1.807, 2.05) is 30.3 Å². The molecular weight excluding hydrogens is 312 g/mol. The Morgan fingerprint density at radius 1 is 1.25 bits per heavy atom. The van der Waals surface area contributed by atoms with Crippen LogP contribution in [0.3, 0.4) is 0 Å². The van der Waals surface area contributed by atoms with Gasteiger partial charge in [-0.2, -0.15) is 9.55 Å². The lowest BCUT2D eigenvalue weighted by Crippen LogP contribution is -2.30. The second kappa shape index (κ2) is 6.15. The number of fused-ring (bicyclic) bond motifs is 1. The van der Waals surface area contributed by atoms with Gasteiger partial charge in [-0.05, 0) is 19.4 Å². The van der Waals surface area contributed by atoms with Crippen molar-refractivity contribution >= 4 is 17.3 Å². The number of hydrogen-bond acceptors (Lipinski definition) is 5. The lowest BCUT2D eigenvalue weighted by atomic mass is 10.2. The van der Waals surface area contributed by atoms with Crippen molar-refractivity contribution in [3.05, 3.63) is 63.1 Å². The molecule has 24 heavy (non-hydrogen) atoms. The third-order valence-corrected chi connectivity index (χ3v) is 3.54. The number of rotatable bonds is 3. The highest BCUT2D eigenvalue weighted by atomic mass is 16.5. The van der Waals surface area contributed by atoms with Crippen molar-refractivity contribution in [2.45, 2.75) is 26.5 Å². The van der Waals surface area contributed by atoms with E-state index < -0.39 is 17.5 Å². The SMILES string of the molecule is CC(C)n1c(=O)n(C(=O)OCc2ccccc2)c2c[nH]c(=O)nc21. The van der Waals surface area contributed by atoms with Gasteiger partial charge in [0.1, 0.15) is 12.1 Å². The fourth-order valence-corrected chi connectivity index (χ4v) is 2.45. The van der Waals surface area contributed by atoms with Crippen LogP contribution in [-0.2, 0) is 11.3 Å². The van der Waals surface area contributed by atoms with E-state index in [4.69, 9.17) is 4.74 Å². The molecule has 0 unspecified atom stereocenters. The zero-order valence-corrected chi connectivity index (χ0v) is 13.2. The zero-order valence-electron chi connectivity index (χ0n) is 13.2. The Bertz CT molecular complexity index is 998. The van der Waals surface area contributed by atoms with Crippen LogP contribution in [0.5, 0.6) is 0 Å². The molecule has 0 spiro atoms. The number of nitrogens with zero attached hydrogens (tertiary/aromatic N) is 3. The topological polar surface area (TPSA) is 99.0 Å². The first-order valence-electron chi connectivity index (χ1n) is 7.42. The van der Waals surface area contributed by atoms with E-state index in [9.17, 15) is 14.4 Å². The summed E-state index contributed by atoms with van der Waals surface area (Å²) in [5.41, 5.74) is -0.0314. The van der Waals surface area contributed by atoms with Crippen LogP contribution in [0, 0.1) is 0 Å². The summed E-state index contributed by atoms with van der Waals surface area (Å²) in [4.78, 5) is 42.6. The standard InChI is InChI=1S/C16H16N4O4/c1-10(2)19-13-12(8-17-14(21)18-13)20(15(19)22)16(23)24-9-11-6-4-3-5-7-11/h3-8,10H,9H2,1-2H3,(H,17,18,21). The molecule has 0 amide bonds. The number of carbonyl (C=O) groups is 1. The molecule has 0 fully saturated rings. The molecule has 2 aromatic heterocycles. The lowest BCUT2D eigenvalue weighted by Gasteiger charge is -2.06. The van der Waals surface area contributed by atoms with Crippen LogP contribution >= 0.6 is 0 Å². The van der Waals surface area contributed by atoms with Crippen LogP contribution in [0.4, 0.5) is 4.79 Å². The Balaban J connectivity index is 2.02. The molecule has 0 saturated heterocycles. The molecule has 8 heteroatoms. The Hall–Kier alpha value is -3.16. The van der Waals surface area contributed by atoms with Gasteiger partial charge in [-0.1, -0.05) is 30.3 Å². The minimum atomic E-state index is -0.817. The molecule has 0 aliphatic heterocycles. The smallest absolute Gasteiger partial charge is 0.423 e. The normalized spacial score (nSPS) is 11.1. The van der Waals surface area contributed by atoms with Crippen LogP contribution in [-0.4, -0.2) is 25.2 Å². The third-order valence-electron chi connectivity index (χ3n) is 3.54. The van der Waals surface area contributed by atoms with E-state index in [1.165, 1.54) is 10.8 Å². The predicted octanol–water partition coefficient (Wildman–Crippen LogP) is 1.65. The van der Waals surface area contributed by atoms with E-state index in [0.717, 1.165) is 10.1 Å². The van der Waals surface area contributed by atoms with Gasteiger partial charge in [0.05, 0.1) is 0 Å². The number of aromatic amines is 1. The first-order valence-corrected chi connectivity index (χ1v) is 7.42. The molecule has 1 N–H and O–H groups in total. The van der Waals surface area contributed by atoms with Crippen molar-refractivity contribution < 1.29 is 9.53 Å². The summed E-state index contributed by atoms with van der Waals surface area (Å²) in [6.45, 7) is 3.57. The van der Waals surface area contributed by atoms with Gasteiger partial charge in [-0.25, -0.2) is 14.4 Å². The summed E-state index contributed by atoms with van der Waals surface area (Å²) in [6.07, 6.45) is 0.469. The largest absolute Gasteiger partial charge is 0.444 e. The quantitative estimate of drug-likeness (QED) is 0.788. The van der Waals surface area contributed by atoms with Crippen LogP contribution in [0.1, 0.15) is 25.5 Å². The summed E-state index contributed by atoms with van der Waals surface area (Å²) in [6, 6.07) is 8.87. The molecule has 0 aliphatic carbocycles. The minimum Gasteiger partial charge on any atom is -0.444 e. The van der Waals surface area contributed by atoms with Gasteiger partial charge in [0.2, 0.25) is 0 Å². The number of aromatic nitrogens is 4. The van der Waals surface area contributed by atoms with Crippen molar-refractivity contribution in [1.82, 2.24) is 19.1 Å². The molecule has 1 aromatic carbocycles. The van der Waals surface area contributed by atoms with Crippen molar-refractivity contribution in [2.75, 3.05) is 0 Å². The first kappa shape index (κ1) is 15.7. The van der Waals surface area contributed by atoms with Crippen LogP contribution < -0.4 is 11.4 Å². The maximum Gasteiger partial charge on any atom is 0.423 e. The van der Waals surface area contributed by atoms with E-state index >= 15 is 0 Å². The van der Waals surface area contributed by atoms with Gasteiger partial charge in [-0.3, -0.25) is 4.57 Å². The summed E-state index contributed by atoms with van der Waals surface area (Å²) >= 11 is 0. The highest BCUT2D eigenvalue weighted by Crippen LogP contribution is 2.13.